The van der Waals surface area contributed by atoms with Gasteiger partial charge in [0.1, 0.15) is 5.84 Å². The van der Waals surface area contributed by atoms with Crippen LogP contribution < -0.4 is 5.73 Å². The van der Waals surface area contributed by atoms with Gasteiger partial charge in [-0.15, -0.1) is 0 Å². The van der Waals surface area contributed by atoms with Crippen LogP contribution in [0.2, 0.25) is 0 Å². The molecule has 1 aromatic rings. The van der Waals surface area contributed by atoms with Crippen molar-refractivity contribution in [3.63, 3.8) is 0 Å². The maximum Gasteiger partial charge on any atom is 0.125 e. The molecule has 0 aliphatic carbocycles. The zero-order valence-corrected chi connectivity index (χ0v) is 9.99. The molecule has 82 valence electrons. The lowest BCUT2D eigenvalue weighted by molar-refractivity contribution is 0.341. The van der Waals surface area contributed by atoms with Gasteiger partial charge in [0.25, 0.3) is 0 Å². The first-order valence-corrected chi connectivity index (χ1v) is 5.30. The van der Waals surface area contributed by atoms with E-state index >= 15 is 0 Å². The van der Waals surface area contributed by atoms with Crippen LogP contribution in [0.25, 0.3) is 0 Å². The predicted octanol–water partition coefficient (Wildman–Crippen LogP) is 2.83. The molecule has 2 N–H and O–H groups in total. The van der Waals surface area contributed by atoms with E-state index < -0.39 is 0 Å². The molecule has 1 rings (SSSR count). The average molecular weight is 204 g/mol. The largest absolute Gasteiger partial charge is 0.383 e. The highest BCUT2D eigenvalue weighted by Gasteiger charge is 2.19. The Morgan fingerprint density at radius 3 is 2.20 bits per heavy atom. The maximum atomic E-state index is 5.94. The Morgan fingerprint density at radius 2 is 1.73 bits per heavy atom. The summed E-state index contributed by atoms with van der Waals surface area (Å²) < 4.78 is 0. The second-order valence-corrected chi connectivity index (χ2v) is 4.92. The first-order valence-electron chi connectivity index (χ1n) is 5.30. The standard InChI is InChI=1S/C13H20N2/c1-10(13(2,3)4)15-12(14)11-8-6-5-7-9-11/h5-10H,1-4H3,(H2,14,15). The number of hydrogen-bond acceptors (Lipinski definition) is 1. The van der Waals surface area contributed by atoms with E-state index in [0.29, 0.717) is 5.84 Å². The van der Waals surface area contributed by atoms with Gasteiger partial charge in [-0.25, -0.2) is 0 Å². The lowest BCUT2D eigenvalue weighted by Crippen LogP contribution is -2.25. The Morgan fingerprint density at radius 1 is 1.20 bits per heavy atom. The fourth-order valence-electron chi connectivity index (χ4n) is 1.09. The van der Waals surface area contributed by atoms with Gasteiger partial charge >= 0.3 is 0 Å². The van der Waals surface area contributed by atoms with Crippen molar-refractivity contribution in [2.75, 3.05) is 0 Å². The van der Waals surface area contributed by atoms with Crippen LogP contribution in [0.15, 0.2) is 35.3 Å². The van der Waals surface area contributed by atoms with Gasteiger partial charge in [-0.1, -0.05) is 51.1 Å². The van der Waals surface area contributed by atoms with Crippen LogP contribution in [0.3, 0.4) is 0 Å². The van der Waals surface area contributed by atoms with E-state index in [0.717, 1.165) is 5.56 Å². The van der Waals surface area contributed by atoms with E-state index in [4.69, 9.17) is 5.73 Å². The van der Waals surface area contributed by atoms with E-state index in [1.807, 2.05) is 30.3 Å². The molecule has 0 amide bonds. The highest BCUT2D eigenvalue weighted by atomic mass is 14.9. The minimum atomic E-state index is 0.152. The zero-order valence-electron chi connectivity index (χ0n) is 9.99. The van der Waals surface area contributed by atoms with E-state index in [-0.39, 0.29) is 11.5 Å². The number of nitrogens with two attached hydrogens (primary N) is 1. The Labute approximate surface area is 92.2 Å². The second kappa shape index (κ2) is 4.47. The van der Waals surface area contributed by atoms with Gasteiger partial charge in [0.15, 0.2) is 0 Å². The molecule has 0 saturated carbocycles. The summed E-state index contributed by atoms with van der Waals surface area (Å²) in [4.78, 5) is 4.51. The predicted molar refractivity (Wildman–Crippen MR) is 66.1 cm³/mol. The molecule has 2 heteroatoms. The molecule has 0 radical (unpaired) electrons. The molecule has 1 unspecified atom stereocenters. The third-order valence-corrected chi connectivity index (χ3v) is 2.66. The fourth-order valence-corrected chi connectivity index (χ4v) is 1.09. The monoisotopic (exact) mass is 204 g/mol. The normalized spacial score (nSPS) is 15.1. The first-order chi connectivity index (χ1) is 6.91. The van der Waals surface area contributed by atoms with Crippen molar-refractivity contribution in [2.24, 2.45) is 16.1 Å². The third-order valence-electron chi connectivity index (χ3n) is 2.66. The highest BCUT2D eigenvalue weighted by Crippen LogP contribution is 2.21. The van der Waals surface area contributed by atoms with Crippen molar-refractivity contribution < 1.29 is 0 Å². The Bertz CT molecular complexity index is 333. The average Bonchev–Trinajstić information content (AvgIpc) is 2.17. The molecule has 0 aliphatic rings. The van der Waals surface area contributed by atoms with E-state index in [1.165, 1.54) is 0 Å². The van der Waals surface area contributed by atoms with Gasteiger partial charge < -0.3 is 5.73 Å². The molecule has 1 aromatic carbocycles. The number of aliphatic imine (C=N–C) groups is 1. The summed E-state index contributed by atoms with van der Waals surface area (Å²) in [5.41, 5.74) is 7.09. The van der Waals surface area contributed by atoms with Crippen LogP contribution in [0, 0.1) is 5.41 Å². The van der Waals surface area contributed by atoms with Crippen LogP contribution in [0.1, 0.15) is 33.3 Å². The zero-order chi connectivity index (χ0) is 11.5. The van der Waals surface area contributed by atoms with Gasteiger partial charge in [-0.2, -0.15) is 0 Å². The van der Waals surface area contributed by atoms with E-state index in [2.05, 4.69) is 32.7 Å². The summed E-state index contributed by atoms with van der Waals surface area (Å²) in [7, 11) is 0. The second-order valence-electron chi connectivity index (χ2n) is 4.92. The lowest BCUT2D eigenvalue weighted by atomic mass is 9.88. The summed E-state index contributed by atoms with van der Waals surface area (Å²) in [5, 5.41) is 0. The highest BCUT2D eigenvalue weighted by molar-refractivity contribution is 5.97. The molecular formula is C13H20N2. The Kier molecular flexibility index (Phi) is 3.51. The van der Waals surface area contributed by atoms with Crippen molar-refractivity contribution in [1.82, 2.24) is 0 Å². The smallest absolute Gasteiger partial charge is 0.125 e. The number of hydrogen-bond donors (Lipinski definition) is 1. The van der Waals surface area contributed by atoms with Crippen LogP contribution in [-0.4, -0.2) is 11.9 Å². The molecule has 0 heterocycles. The number of rotatable bonds is 2. The summed E-state index contributed by atoms with van der Waals surface area (Å²) in [6.07, 6.45) is 0. The lowest BCUT2D eigenvalue weighted by Gasteiger charge is -2.24. The summed E-state index contributed by atoms with van der Waals surface area (Å²) in [6.45, 7) is 8.59. The van der Waals surface area contributed by atoms with Crippen LogP contribution in [0.5, 0.6) is 0 Å². The molecule has 15 heavy (non-hydrogen) atoms. The van der Waals surface area contributed by atoms with Gasteiger partial charge in [-0.3, -0.25) is 4.99 Å². The van der Waals surface area contributed by atoms with Crippen molar-refractivity contribution in [2.45, 2.75) is 33.7 Å². The van der Waals surface area contributed by atoms with Crippen LogP contribution >= 0.6 is 0 Å². The van der Waals surface area contributed by atoms with Crippen molar-refractivity contribution in [3.8, 4) is 0 Å². The first kappa shape index (κ1) is 11.8. The Balaban J connectivity index is 2.86. The number of benzene rings is 1. The minimum Gasteiger partial charge on any atom is -0.383 e. The summed E-state index contributed by atoms with van der Waals surface area (Å²) in [6, 6.07) is 10.1. The number of amidine groups is 1. The molecular weight excluding hydrogens is 184 g/mol. The fraction of sp³-hybridized carbons (Fsp3) is 0.462. The quantitative estimate of drug-likeness (QED) is 0.584. The molecule has 0 saturated heterocycles. The van der Waals surface area contributed by atoms with E-state index in [1.54, 1.807) is 0 Å². The van der Waals surface area contributed by atoms with Crippen LogP contribution in [0.4, 0.5) is 0 Å². The third kappa shape index (κ3) is 3.39. The van der Waals surface area contributed by atoms with Gasteiger partial charge in [0, 0.05) is 5.56 Å². The van der Waals surface area contributed by atoms with E-state index in [9.17, 15) is 0 Å². The molecule has 0 aliphatic heterocycles. The molecule has 0 fully saturated rings. The molecule has 2 nitrogen and oxygen atoms in total. The molecule has 0 aromatic heterocycles. The molecule has 1 atom stereocenters. The van der Waals surface area contributed by atoms with Gasteiger partial charge in [0.2, 0.25) is 0 Å². The van der Waals surface area contributed by atoms with Crippen molar-refractivity contribution in [1.29, 1.82) is 0 Å². The minimum absolute atomic E-state index is 0.152. The van der Waals surface area contributed by atoms with Gasteiger partial charge in [-0.05, 0) is 12.3 Å². The summed E-state index contributed by atoms with van der Waals surface area (Å²) >= 11 is 0. The van der Waals surface area contributed by atoms with Crippen molar-refractivity contribution in [3.05, 3.63) is 35.9 Å². The Hall–Kier alpha value is -1.31. The maximum absolute atomic E-state index is 5.94. The summed E-state index contributed by atoms with van der Waals surface area (Å²) in [5.74, 6) is 0.623. The molecule has 0 spiro atoms. The van der Waals surface area contributed by atoms with Crippen LogP contribution in [-0.2, 0) is 0 Å². The SMILES string of the molecule is CC(N=C(N)c1ccccc1)C(C)(C)C. The molecule has 0 bridgehead atoms. The van der Waals surface area contributed by atoms with Crippen molar-refractivity contribution >= 4 is 5.84 Å². The topological polar surface area (TPSA) is 38.4 Å². The van der Waals surface area contributed by atoms with Gasteiger partial charge in [0.05, 0.1) is 6.04 Å². The number of nitrogens with zero attached hydrogens (tertiary/aromatic N) is 1.